The normalized spacial score (nSPS) is 14.6. The van der Waals surface area contributed by atoms with Crippen molar-refractivity contribution in [1.29, 1.82) is 0 Å². The highest BCUT2D eigenvalue weighted by atomic mass is 127. The Balaban J connectivity index is 2.01. The molecule has 29 heavy (non-hydrogen) atoms. The molecule has 1 aliphatic rings. The molecule has 0 bridgehead atoms. The van der Waals surface area contributed by atoms with E-state index in [9.17, 15) is 9.59 Å². The fourth-order valence-electron chi connectivity index (χ4n) is 2.52. The number of halogens is 3. The van der Waals surface area contributed by atoms with E-state index in [1.807, 2.05) is 35.6 Å². The van der Waals surface area contributed by atoms with E-state index >= 15 is 0 Å². The Kier molecular flexibility index (Phi) is 7.17. The molecule has 0 spiro atoms. The molecular weight excluding hydrogens is 623 g/mol. The van der Waals surface area contributed by atoms with E-state index in [2.05, 4.69) is 27.6 Å². The van der Waals surface area contributed by atoms with Crippen LogP contribution >= 0.6 is 56.8 Å². The third-order valence-electron chi connectivity index (χ3n) is 3.66. The van der Waals surface area contributed by atoms with Crippen molar-refractivity contribution in [3.8, 4) is 11.5 Å². The maximum atomic E-state index is 12.3. The lowest BCUT2D eigenvalue weighted by molar-refractivity contribution is -0.132. The summed E-state index contributed by atoms with van der Waals surface area (Å²) >= 11 is 10.4. The van der Waals surface area contributed by atoms with Crippen LogP contribution in [0.2, 0.25) is 5.02 Å². The second-order valence-corrected chi connectivity index (χ2v) is 8.63. The fourth-order valence-corrected chi connectivity index (χ4v) is 3.95. The van der Waals surface area contributed by atoms with Crippen LogP contribution in [0.1, 0.15) is 25.0 Å². The molecule has 150 valence electrons. The van der Waals surface area contributed by atoms with Gasteiger partial charge in [0.1, 0.15) is 0 Å². The minimum Gasteiger partial charge on any atom is -0.490 e. The Bertz CT molecular complexity index is 1070. The molecule has 0 saturated carbocycles. The summed E-state index contributed by atoms with van der Waals surface area (Å²) in [5.74, 6) is -0.130. The van der Waals surface area contributed by atoms with Crippen LogP contribution in [0.5, 0.6) is 11.5 Å². The molecule has 0 saturated heterocycles. The largest absolute Gasteiger partial charge is 0.490 e. The van der Waals surface area contributed by atoms with Crippen molar-refractivity contribution < 1.29 is 23.8 Å². The van der Waals surface area contributed by atoms with Gasteiger partial charge in [0.05, 0.1) is 20.8 Å². The predicted octanol–water partition coefficient (Wildman–Crippen LogP) is 5.22. The first-order valence-electron chi connectivity index (χ1n) is 8.41. The Morgan fingerprint density at radius 2 is 2.03 bits per heavy atom. The average Bonchev–Trinajstić information content (AvgIpc) is 3.00. The van der Waals surface area contributed by atoms with Crippen molar-refractivity contribution in [1.82, 2.24) is 0 Å². The number of nitrogens with zero attached hydrogens (tertiary/aromatic N) is 1. The van der Waals surface area contributed by atoms with E-state index in [0.717, 1.165) is 3.57 Å². The number of hydrogen-bond donors (Lipinski definition) is 0. The molecule has 0 unspecified atom stereocenters. The lowest BCUT2D eigenvalue weighted by Gasteiger charge is -2.12. The van der Waals surface area contributed by atoms with Gasteiger partial charge in [-0.25, -0.2) is 9.79 Å². The molecule has 2 aromatic carbocycles. The first-order valence-corrected chi connectivity index (χ1v) is 10.9. The summed E-state index contributed by atoms with van der Waals surface area (Å²) in [5, 5.41) is 0.442. The maximum Gasteiger partial charge on any atom is 0.363 e. The van der Waals surface area contributed by atoms with Gasteiger partial charge in [0.2, 0.25) is 5.90 Å². The zero-order valence-corrected chi connectivity index (χ0v) is 20.4. The zero-order chi connectivity index (χ0) is 21.1. The van der Waals surface area contributed by atoms with Crippen molar-refractivity contribution in [2.45, 2.75) is 13.8 Å². The minimum atomic E-state index is -0.577. The number of ether oxygens (including phenoxy) is 3. The smallest absolute Gasteiger partial charge is 0.363 e. The van der Waals surface area contributed by atoms with Gasteiger partial charge in [-0.3, -0.25) is 4.79 Å². The van der Waals surface area contributed by atoms with Crippen LogP contribution in [0.15, 0.2) is 41.0 Å². The van der Waals surface area contributed by atoms with E-state index in [1.165, 1.54) is 6.92 Å². The van der Waals surface area contributed by atoms with Gasteiger partial charge in [-0.2, -0.15) is 0 Å². The van der Waals surface area contributed by atoms with Gasteiger partial charge in [0, 0.05) is 10.5 Å². The van der Waals surface area contributed by atoms with E-state index in [1.54, 1.807) is 30.3 Å². The van der Waals surface area contributed by atoms with Crippen LogP contribution in [-0.2, 0) is 14.3 Å². The summed E-state index contributed by atoms with van der Waals surface area (Å²) in [5.41, 5.74) is 1.33. The van der Waals surface area contributed by atoms with Crippen LogP contribution in [0.3, 0.4) is 0 Å². The highest BCUT2D eigenvalue weighted by Crippen LogP contribution is 2.35. The Morgan fingerprint density at radius 1 is 1.28 bits per heavy atom. The second kappa shape index (κ2) is 9.43. The summed E-state index contributed by atoms with van der Waals surface area (Å²) in [7, 11) is 0. The van der Waals surface area contributed by atoms with Gasteiger partial charge in [-0.15, -0.1) is 0 Å². The molecule has 0 radical (unpaired) electrons. The van der Waals surface area contributed by atoms with Gasteiger partial charge >= 0.3 is 11.9 Å². The number of benzene rings is 2. The average molecular weight is 638 g/mol. The summed E-state index contributed by atoms with van der Waals surface area (Å²) in [6, 6.07) is 8.80. The third kappa shape index (κ3) is 5.28. The molecule has 0 aliphatic carbocycles. The van der Waals surface area contributed by atoms with Crippen LogP contribution < -0.4 is 9.47 Å². The molecule has 6 nitrogen and oxygen atoms in total. The van der Waals surface area contributed by atoms with Crippen molar-refractivity contribution in [2.75, 3.05) is 6.61 Å². The molecule has 1 aliphatic heterocycles. The molecule has 0 N–H and O–H groups in total. The highest BCUT2D eigenvalue weighted by molar-refractivity contribution is 14.1. The van der Waals surface area contributed by atoms with Gasteiger partial charge in [-0.05, 0) is 94.1 Å². The van der Waals surface area contributed by atoms with Crippen LogP contribution in [0.25, 0.3) is 6.08 Å². The number of carbonyl (C=O) groups is 2. The molecular formula is C20H14ClI2NO5. The summed E-state index contributed by atoms with van der Waals surface area (Å²) in [6.07, 6.45) is 1.58. The number of carbonyl (C=O) groups excluding carboxylic acids is 2. The van der Waals surface area contributed by atoms with Crippen molar-refractivity contribution in [2.24, 2.45) is 4.99 Å². The van der Waals surface area contributed by atoms with Crippen molar-refractivity contribution in [3.63, 3.8) is 0 Å². The number of rotatable bonds is 5. The Morgan fingerprint density at radius 3 is 2.72 bits per heavy atom. The van der Waals surface area contributed by atoms with Crippen LogP contribution in [-0.4, -0.2) is 24.4 Å². The SMILES string of the molecule is CCOc1cc(/C=C2\N=C(c3cc(I)ccc3Cl)OC2=O)cc(I)c1OC(C)=O. The molecule has 0 fully saturated rings. The Hall–Kier alpha value is -1.66. The Labute approximate surface area is 199 Å². The van der Waals surface area contributed by atoms with Gasteiger partial charge < -0.3 is 14.2 Å². The zero-order valence-electron chi connectivity index (χ0n) is 15.3. The standard InChI is InChI=1S/C20H14ClI2NO5/c1-3-27-17-8-11(6-15(23)18(17)28-10(2)25)7-16-20(26)29-19(24-16)13-9-12(22)4-5-14(13)21/h4-9H,3H2,1-2H3/b16-7-. The van der Waals surface area contributed by atoms with E-state index in [0.29, 0.717) is 37.8 Å². The second-order valence-electron chi connectivity index (χ2n) is 5.82. The molecule has 2 aromatic rings. The van der Waals surface area contributed by atoms with Gasteiger partial charge in [0.15, 0.2) is 17.2 Å². The molecule has 0 amide bonds. The molecule has 9 heteroatoms. The fraction of sp³-hybridized carbons (Fsp3) is 0.150. The molecule has 0 aromatic heterocycles. The molecule has 0 atom stereocenters. The monoisotopic (exact) mass is 637 g/mol. The number of cyclic esters (lactones) is 1. The summed E-state index contributed by atoms with van der Waals surface area (Å²) < 4.78 is 17.7. The van der Waals surface area contributed by atoms with Gasteiger partial charge in [-0.1, -0.05) is 11.6 Å². The quantitative estimate of drug-likeness (QED) is 0.195. The number of esters is 2. The minimum absolute atomic E-state index is 0.133. The van der Waals surface area contributed by atoms with Crippen molar-refractivity contribution in [3.05, 3.63) is 59.3 Å². The van der Waals surface area contributed by atoms with Crippen LogP contribution in [0, 0.1) is 7.14 Å². The topological polar surface area (TPSA) is 74.2 Å². The summed E-state index contributed by atoms with van der Waals surface area (Å²) in [6.45, 7) is 3.54. The highest BCUT2D eigenvalue weighted by Gasteiger charge is 2.26. The lowest BCUT2D eigenvalue weighted by Crippen LogP contribution is -2.06. The van der Waals surface area contributed by atoms with E-state index < -0.39 is 11.9 Å². The van der Waals surface area contributed by atoms with Gasteiger partial charge in [0.25, 0.3) is 0 Å². The maximum absolute atomic E-state index is 12.3. The number of aliphatic imine (C=N–C) groups is 1. The molecule has 3 rings (SSSR count). The van der Waals surface area contributed by atoms with Crippen molar-refractivity contribution >= 4 is 80.7 Å². The predicted molar refractivity (Wildman–Crippen MR) is 126 cm³/mol. The number of hydrogen-bond acceptors (Lipinski definition) is 6. The first kappa shape index (κ1) is 22.0. The van der Waals surface area contributed by atoms with Crippen LogP contribution in [0.4, 0.5) is 0 Å². The van der Waals surface area contributed by atoms with E-state index in [4.69, 9.17) is 25.8 Å². The summed E-state index contributed by atoms with van der Waals surface area (Å²) in [4.78, 5) is 28.0. The first-order chi connectivity index (χ1) is 13.8. The lowest BCUT2D eigenvalue weighted by atomic mass is 10.1. The van der Waals surface area contributed by atoms with E-state index in [-0.39, 0.29) is 11.6 Å². The third-order valence-corrected chi connectivity index (χ3v) is 5.46. The molecule has 1 heterocycles.